The molecule has 0 amide bonds. The predicted octanol–water partition coefficient (Wildman–Crippen LogP) is 1.35. The maximum Gasteiger partial charge on any atom is 0.410 e. The average Bonchev–Trinajstić information content (AvgIpc) is 2.90. The third kappa shape index (κ3) is 6.29. The number of halogens is 3. The number of hydrogen-bond acceptors (Lipinski definition) is 6. The van der Waals surface area contributed by atoms with Gasteiger partial charge in [-0.1, -0.05) is 20.1 Å². The quantitative estimate of drug-likeness (QED) is 0.831. The van der Waals surface area contributed by atoms with Gasteiger partial charge in [0.1, 0.15) is 6.04 Å². The Hall–Kier alpha value is -1.36. The first-order valence-electron chi connectivity index (χ1n) is 5.51. The molecule has 0 aliphatic carbocycles. The zero-order valence-corrected chi connectivity index (χ0v) is 12.7. The summed E-state index contributed by atoms with van der Waals surface area (Å²) in [5, 5.41) is 4.46. The fraction of sp³-hybridized carbons (Fsp3) is 0.500. The molecule has 1 heterocycles. The van der Waals surface area contributed by atoms with Crippen LogP contribution >= 0.6 is 0 Å². The molecule has 11 heteroatoms. The van der Waals surface area contributed by atoms with Crippen LogP contribution in [0.25, 0.3) is 0 Å². The van der Waals surface area contributed by atoms with Crippen LogP contribution in [-0.2, 0) is 19.7 Å². The minimum Gasteiger partial charge on any atom is -0.296 e. The lowest BCUT2D eigenvalue weighted by molar-refractivity contribution is -0.151. The molecule has 6 nitrogen and oxygen atoms in total. The number of nitrogens with zero attached hydrogens (tertiary/aromatic N) is 1. The van der Waals surface area contributed by atoms with E-state index in [-0.39, 0.29) is 5.75 Å². The van der Waals surface area contributed by atoms with Crippen molar-refractivity contribution < 1.29 is 30.0 Å². The van der Waals surface area contributed by atoms with E-state index in [2.05, 4.69) is 18.3 Å². The number of nitrogens with one attached hydrogen (secondary N) is 1. The Balaban J connectivity index is 0.000000486. The Labute approximate surface area is 121 Å². The van der Waals surface area contributed by atoms with E-state index < -0.39 is 43.4 Å². The third-order valence-electron chi connectivity index (χ3n) is 2.32. The van der Waals surface area contributed by atoms with Gasteiger partial charge in [0.25, 0.3) is 0 Å². The molecule has 122 valence electrons. The predicted molar refractivity (Wildman–Crippen MR) is 73.8 cm³/mol. The van der Waals surface area contributed by atoms with Crippen LogP contribution in [-0.4, -0.2) is 39.9 Å². The van der Waals surface area contributed by atoms with E-state index in [0.717, 1.165) is 10.8 Å². The molecule has 1 atom stereocenters. The van der Waals surface area contributed by atoms with Gasteiger partial charge >= 0.3 is 6.18 Å². The number of hydrogen-bond donors (Lipinski definition) is 1. The molecule has 0 saturated carbocycles. The third-order valence-corrected chi connectivity index (χ3v) is 4.99. The highest BCUT2D eigenvalue weighted by Crippen LogP contribution is 2.26. The maximum absolute atomic E-state index is 12.1. The lowest BCUT2D eigenvalue weighted by Gasteiger charge is -2.13. The summed E-state index contributed by atoms with van der Waals surface area (Å²) >= 11 is 0. The molecule has 0 aromatic carbocycles. The largest absolute Gasteiger partial charge is 0.410 e. The summed E-state index contributed by atoms with van der Waals surface area (Å²) in [6.07, 6.45) is -5.08. The minimum atomic E-state index is -4.46. The van der Waals surface area contributed by atoms with Gasteiger partial charge < -0.3 is 0 Å². The Kier molecular flexibility index (Phi) is 6.61. The van der Waals surface area contributed by atoms with Crippen LogP contribution in [0.1, 0.15) is 13.3 Å². The molecule has 21 heavy (non-hydrogen) atoms. The first kappa shape index (κ1) is 19.6. The first-order chi connectivity index (χ1) is 9.39. The van der Waals surface area contributed by atoms with E-state index in [1.807, 2.05) is 0 Å². The number of sulfone groups is 2. The highest BCUT2D eigenvalue weighted by molar-refractivity contribution is 8.06. The lowest BCUT2D eigenvalue weighted by atomic mass is 10.2. The van der Waals surface area contributed by atoms with E-state index in [0.29, 0.717) is 0 Å². The van der Waals surface area contributed by atoms with Crippen LogP contribution in [0, 0.1) is 0 Å². The van der Waals surface area contributed by atoms with Gasteiger partial charge in [0, 0.05) is 17.2 Å². The second kappa shape index (κ2) is 7.07. The van der Waals surface area contributed by atoms with Crippen molar-refractivity contribution in [2.24, 2.45) is 5.10 Å². The second-order valence-corrected chi connectivity index (χ2v) is 7.88. The van der Waals surface area contributed by atoms with Gasteiger partial charge in [-0.3, -0.25) is 5.43 Å². The molecule has 1 aliphatic rings. The Morgan fingerprint density at radius 2 is 1.76 bits per heavy atom. The number of alkyl halides is 3. The van der Waals surface area contributed by atoms with Crippen LogP contribution in [0.4, 0.5) is 13.2 Å². The smallest absolute Gasteiger partial charge is 0.296 e. The lowest BCUT2D eigenvalue weighted by Crippen LogP contribution is -2.36. The molecule has 1 N–H and O–H groups in total. The molecule has 1 unspecified atom stereocenters. The molecular weight excluding hydrogens is 333 g/mol. The SMILES string of the molecule is C=CS(=O)(=O)C=C.CCS(=O)(=O)C1=NNC(C(F)(F)F)C1. The molecule has 0 saturated heterocycles. The van der Waals surface area contributed by atoms with Crippen molar-refractivity contribution >= 4 is 24.7 Å². The van der Waals surface area contributed by atoms with Crippen molar-refractivity contribution in [3.63, 3.8) is 0 Å². The van der Waals surface area contributed by atoms with Crippen molar-refractivity contribution in [3.8, 4) is 0 Å². The molecule has 0 spiro atoms. The van der Waals surface area contributed by atoms with Crippen molar-refractivity contribution in [1.29, 1.82) is 0 Å². The van der Waals surface area contributed by atoms with Gasteiger partial charge in [0.05, 0.1) is 5.75 Å². The normalized spacial score (nSPS) is 18.9. The van der Waals surface area contributed by atoms with Gasteiger partial charge in [-0.25, -0.2) is 16.8 Å². The zero-order valence-electron chi connectivity index (χ0n) is 11.1. The van der Waals surface area contributed by atoms with Gasteiger partial charge in [0.2, 0.25) is 0 Å². The Bertz CT molecular complexity index is 607. The molecule has 1 aliphatic heterocycles. The van der Waals surface area contributed by atoms with Gasteiger partial charge in [-0.15, -0.1) is 0 Å². The molecule has 0 radical (unpaired) electrons. The Morgan fingerprint density at radius 1 is 1.29 bits per heavy atom. The van der Waals surface area contributed by atoms with Crippen LogP contribution < -0.4 is 5.43 Å². The van der Waals surface area contributed by atoms with Crippen LogP contribution in [0.3, 0.4) is 0 Å². The van der Waals surface area contributed by atoms with E-state index in [1.165, 1.54) is 6.92 Å². The molecule has 0 fully saturated rings. The van der Waals surface area contributed by atoms with Crippen LogP contribution in [0.5, 0.6) is 0 Å². The summed E-state index contributed by atoms with van der Waals surface area (Å²) in [5.41, 5.74) is 1.77. The summed E-state index contributed by atoms with van der Waals surface area (Å²) < 4.78 is 78.8. The number of rotatable bonds is 3. The summed E-state index contributed by atoms with van der Waals surface area (Å²) in [5.74, 6) is -0.238. The minimum absolute atomic E-state index is 0.238. The average molecular weight is 348 g/mol. The van der Waals surface area contributed by atoms with E-state index >= 15 is 0 Å². The first-order valence-corrected chi connectivity index (χ1v) is 8.77. The zero-order chi connectivity index (χ0) is 16.9. The maximum atomic E-state index is 12.1. The molecule has 1 rings (SSSR count). The number of hydrazone groups is 1. The van der Waals surface area contributed by atoms with Gasteiger partial charge in [-0.05, 0) is 0 Å². The molecule has 0 aromatic heterocycles. The highest BCUT2D eigenvalue weighted by Gasteiger charge is 2.44. The van der Waals surface area contributed by atoms with Crippen molar-refractivity contribution in [3.05, 3.63) is 24.0 Å². The summed E-state index contributed by atoms with van der Waals surface area (Å²) in [6, 6.07) is -1.88. The van der Waals surface area contributed by atoms with Crippen molar-refractivity contribution in [2.75, 3.05) is 5.75 Å². The van der Waals surface area contributed by atoms with Gasteiger partial charge in [0.15, 0.2) is 24.7 Å². The van der Waals surface area contributed by atoms with Crippen molar-refractivity contribution in [2.45, 2.75) is 25.6 Å². The monoisotopic (exact) mass is 348 g/mol. The van der Waals surface area contributed by atoms with Crippen molar-refractivity contribution in [1.82, 2.24) is 5.43 Å². The standard InChI is InChI=1S/C6H9F3N2O2S.C4H6O2S/c1-2-14(12,13)5-3-4(10-11-5)6(7,8)9;1-3-7(5,6)4-2/h4,10H,2-3H2,1H3;3-4H,1-2H2. The summed E-state index contributed by atoms with van der Waals surface area (Å²) in [4.78, 5) is 0. The van der Waals surface area contributed by atoms with Crippen LogP contribution in [0.2, 0.25) is 0 Å². The molecule has 0 bridgehead atoms. The summed E-state index contributed by atoms with van der Waals surface area (Å²) in [6.45, 7) is 7.45. The molecular formula is C10H15F3N2O4S2. The molecule has 0 aromatic rings. The fourth-order valence-electron chi connectivity index (χ4n) is 1.04. The van der Waals surface area contributed by atoms with E-state index in [1.54, 1.807) is 5.43 Å². The van der Waals surface area contributed by atoms with E-state index in [9.17, 15) is 30.0 Å². The van der Waals surface area contributed by atoms with Gasteiger partial charge in [-0.2, -0.15) is 18.3 Å². The topological polar surface area (TPSA) is 92.7 Å². The van der Waals surface area contributed by atoms with Crippen LogP contribution in [0.15, 0.2) is 29.1 Å². The highest BCUT2D eigenvalue weighted by atomic mass is 32.2. The fourth-order valence-corrected chi connectivity index (χ4v) is 2.12. The van der Waals surface area contributed by atoms with E-state index in [4.69, 9.17) is 0 Å². The Morgan fingerprint density at radius 3 is 2.00 bits per heavy atom. The second-order valence-electron chi connectivity index (χ2n) is 3.76. The summed E-state index contributed by atoms with van der Waals surface area (Å²) in [7, 11) is -6.73.